The van der Waals surface area contributed by atoms with Gasteiger partial charge in [-0.1, -0.05) is 6.92 Å². The average Bonchev–Trinajstić information content (AvgIpc) is 2.95. The highest BCUT2D eigenvalue weighted by Crippen LogP contribution is 2.41. The lowest BCUT2D eigenvalue weighted by Gasteiger charge is -2.23. The summed E-state index contributed by atoms with van der Waals surface area (Å²) in [7, 11) is 1.41. The first kappa shape index (κ1) is 16.9. The van der Waals surface area contributed by atoms with E-state index in [0.29, 0.717) is 17.1 Å². The first-order valence-electron chi connectivity index (χ1n) is 7.30. The number of halogens is 1. The molecule has 3 N–H and O–H groups in total. The van der Waals surface area contributed by atoms with Gasteiger partial charge in [-0.2, -0.15) is 0 Å². The van der Waals surface area contributed by atoms with E-state index in [-0.39, 0.29) is 17.1 Å². The normalized spacial score (nSPS) is 18.4. The molecule has 1 heterocycles. The number of ether oxygens (including phenoxy) is 1. The number of phenols is 2. The molecule has 1 aliphatic rings. The zero-order chi connectivity index (χ0) is 16.3. The van der Waals surface area contributed by atoms with Gasteiger partial charge in [0.2, 0.25) is 0 Å². The van der Waals surface area contributed by atoms with E-state index in [0.717, 1.165) is 25.9 Å². The number of methoxy groups -OCH3 is 1. The highest BCUT2D eigenvalue weighted by atomic mass is 79.9. The summed E-state index contributed by atoms with van der Waals surface area (Å²) in [5.74, 6) is -1.11. The van der Waals surface area contributed by atoms with Crippen LogP contribution in [0.25, 0.3) is 0 Å². The molecule has 6 nitrogen and oxygen atoms in total. The molecular weight excluding hydrogens is 352 g/mol. The molecule has 1 aromatic carbocycles. The van der Waals surface area contributed by atoms with Crippen LogP contribution in [0.4, 0.5) is 0 Å². The van der Waals surface area contributed by atoms with Crippen LogP contribution in [-0.4, -0.2) is 53.8 Å². The van der Waals surface area contributed by atoms with Gasteiger partial charge in [-0.15, -0.1) is 0 Å². The zero-order valence-electron chi connectivity index (χ0n) is 12.7. The molecule has 0 aliphatic carbocycles. The number of hydrogen-bond donors (Lipinski definition) is 3. The number of nitrogens with zero attached hydrogens (tertiary/aromatic N) is 1. The van der Waals surface area contributed by atoms with Crippen molar-refractivity contribution >= 4 is 21.8 Å². The number of hydrogen-bond acceptors (Lipinski definition) is 5. The number of nitrogens with one attached hydrogen (secondary N) is 1. The molecule has 1 unspecified atom stereocenters. The molecule has 2 rings (SSSR count). The second-order valence-corrected chi connectivity index (χ2v) is 6.12. The van der Waals surface area contributed by atoms with Crippen molar-refractivity contribution < 1.29 is 19.7 Å². The maximum absolute atomic E-state index is 12.4. The molecular formula is C15H21BrN2O4. The van der Waals surface area contributed by atoms with Crippen LogP contribution in [0.5, 0.6) is 17.2 Å². The molecule has 1 fully saturated rings. The van der Waals surface area contributed by atoms with Gasteiger partial charge in [0.15, 0.2) is 11.5 Å². The van der Waals surface area contributed by atoms with Gasteiger partial charge in [-0.05, 0) is 41.9 Å². The Bertz CT molecular complexity index is 565. The molecule has 1 amide bonds. The fourth-order valence-electron chi connectivity index (χ4n) is 2.86. The van der Waals surface area contributed by atoms with Crippen molar-refractivity contribution in [2.24, 2.45) is 0 Å². The molecule has 1 atom stereocenters. The third-order valence-corrected chi connectivity index (χ3v) is 4.61. The zero-order valence-corrected chi connectivity index (χ0v) is 14.3. The van der Waals surface area contributed by atoms with Crippen molar-refractivity contribution in [3.05, 3.63) is 16.1 Å². The number of likely N-dealkylation sites (N-methyl/N-ethyl adjacent to an activating group) is 1. The van der Waals surface area contributed by atoms with Gasteiger partial charge in [-0.3, -0.25) is 9.69 Å². The van der Waals surface area contributed by atoms with E-state index in [9.17, 15) is 15.0 Å². The van der Waals surface area contributed by atoms with Crippen LogP contribution >= 0.6 is 15.9 Å². The van der Waals surface area contributed by atoms with Crippen molar-refractivity contribution in [1.29, 1.82) is 0 Å². The van der Waals surface area contributed by atoms with Crippen molar-refractivity contribution in [3.8, 4) is 17.2 Å². The van der Waals surface area contributed by atoms with Crippen LogP contribution in [0.3, 0.4) is 0 Å². The van der Waals surface area contributed by atoms with Gasteiger partial charge in [0.25, 0.3) is 5.91 Å². The maximum atomic E-state index is 12.4. The summed E-state index contributed by atoms with van der Waals surface area (Å²) in [6.07, 6.45) is 2.17. The number of aromatic hydroxyl groups is 2. The number of likely N-dealkylation sites (tertiary alicyclic amines) is 1. The average molecular weight is 373 g/mol. The van der Waals surface area contributed by atoms with Gasteiger partial charge in [0.1, 0.15) is 11.3 Å². The quantitative estimate of drug-likeness (QED) is 0.689. The standard InChI is InChI=1S/C15H21BrN2O4/c1-3-18-6-4-5-9(18)8-17-15(21)12-13(20)11(19)7-10(16)14(12)22-2/h7,9,19-20H,3-6,8H2,1-2H3,(H,17,21). The number of carbonyl (C=O) groups excluding carboxylic acids is 1. The summed E-state index contributed by atoms with van der Waals surface area (Å²) in [5.41, 5.74) is -0.0598. The molecule has 0 aromatic heterocycles. The first-order chi connectivity index (χ1) is 10.5. The molecule has 0 saturated carbocycles. The van der Waals surface area contributed by atoms with Crippen molar-refractivity contribution in [3.63, 3.8) is 0 Å². The number of benzene rings is 1. The summed E-state index contributed by atoms with van der Waals surface area (Å²) in [5, 5.41) is 22.5. The van der Waals surface area contributed by atoms with Crippen LogP contribution in [0.2, 0.25) is 0 Å². The fraction of sp³-hybridized carbons (Fsp3) is 0.533. The summed E-state index contributed by atoms with van der Waals surface area (Å²) in [4.78, 5) is 14.7. The van der Waals surface area contributed by atoms with Crippen LogP contribution < -0.4 is 10.1 Å². The second kappa shape index (κ2) is 7.19. The lowest BCUT2D eigenvalue weighted by Crippen LogP contribution is -2.40. The Morgan fingerprint density at radius 3 is 2.91 bits per heavy atom. The maximum Gasteiger partial charge on any atom is 0.259 e. The Morgan fingerprint density at radius 2 is 2.27 bits per heavy atom. The predicted molar refractivity (Wildman–Crippen MR) is 86.6 cm³/mol. The minimum atomic E-state index is -0.476. The highest BCUT2D eigenvalue weighted by Gasteiger charge is 2.26. The topological polar surface area (TPSA) is 82.0 Å². The summed E-state index contributed by atoms with van der Waals surface area (Å²) in [6.45, 7) is 4.60. The van der Waals surface area contributed by atoms with Crippen LogP contribution in [0, 0.1) is 0 Å². The van der Waals surface area contributed by atoms with E-state index in [4.69, 9.17) is 4.74 Å². The Balaban J connectivity index is 2.16. The minimum absolute atomic E-state index is 0.0598. The van der Waals surface area contributed by atoms with Crippen LogP contribution in [-0.2, 0) is 0 Å². The monoisotopic (exact) mass is 372 g/mol. The summed E-state index contributed by atoms with van der Waals surface area (Å²) >= 11 is 3.21. The van der Waals surface area contributed by atoms with Crippen LogP contribution in [0.1, 0.15) is 30.1 Å². The van der Waals surface area contributed by atoms with Crippen molar-refractivity contribution in [2.45, 2.75) is 25.8 Å². The van der Waals surface area contributed by atoms with E-state index in [2.05, 4.69) is 33.1 Å². The number of rotatable bonds is 5. The Hall–Kier alpha value is -1.47. The van der Waals surface area contributed by atoms with Crippen molar-refractivity contribution in [1.82, 2.24) is 10.2 Å². The third-order valence-electron chi connectivity index (χ3n) is 4.02. The molecule has 0 bridgehead atoms. The highest BCUT2D eigenvalue weighted by molar-refractivity contribution is 9.10. The summed E-state index contributed by atoms with van der Waals surface area (Å²) < 4.78 is 5.57. The van der Waals surface area contributed by atoms with Gasteiger partial charge >= 0.3 is 0 Å². The first-order valence-corrected chi connectivity index (χ1v) is 8.09. The SMILES string of the molecule is CCN1CCCC1CNC(=O)c1c(O)c(O)cc(Br)c1OC. The Kier molecular flexibility index (Phi) is 5.52. The molecule has 122 valence electrons. The molecule has 7 heteroatoms. The number of amides is 1. The lowest BCUT2D eigenvalue weighted by atomic mass is 10.1. The van der Waals surface area contributed by atoms with E-state index in [1.165, 1.54) is 13.2 Å². The smallest absolute Gasteiger partial charge is 0.259 e. The molecule has 1 aromatic rings. The van der Waals surface area contributed by atoms with E-state index in [1.807, 2.05) is 0 Å². The van der Waals surface area contributed by atoms with E-state index < -0.39 is 11.7 Å². The molecule has 1 aliphatic heterocycles. The number of carbonyl (C=O) groups is 1. The molecule has 22 heavy (non-hydrogen) atoms. The van der Waals surface area contributed by atoms with Gasteiger partial charge in [0.05, 0.1) is 11.6 Å². The summed E-state index contributed by atoms with van der Waals surface area (Å²) in [6, 6.07) is 1.60. The number of phenolic OH excluding ortho intramolecular Hbond substituents is 2. The van der Waals surface area contributed by atoms with E-state index >= 15 is 0 Å². The third kappa shape index (κ3) is 3.30. The van der Waals surface area contributed by atoms with Gasteiger partial charge in [-0.25, -0.2) is 0 Å². The van der Waals surface area contributed by atoms with Crippen molar-refractivity contribution in [2.75, 3.05) is 26.7 Å². The van der Waals surface area contributed by atoms with Crippen LogP contribution in [0.15, 0.2) is 10.5 Å². The fourth-order valence-corrected chi connectivity index (χ4v) is 3.44. The molecule has 0 radical (unpaired) electrons. The van der Waals surface area contributed by atoms with Gasteiger partial charge < -0.3 is 20.3 Å². The molecule has 0 spiro atoms. The molecule has 1 saturated heterocycles. The van der Waals surface area contributed by atoms with E-state index in [1.54, 1.807) is 0 Å². The largest absolute Gasteiger partial charge is 0.504 e. The van der Waals surface area contributed by atoms with Gasteiger partial charge in [0, 0.05) is 18.7 Å². The lowest BCUT2D eigenvalue weighted by molar-refractivity contribution is 0.0934. The minimum Gasteiger partial charge on any atom is -0.504 e. The Labute approximate surface area is 138 Å². The second-order valence-electron chi connectivity index (χ2n) is 5.27. The predicted octanol–water partition coefficient (Wildman–Crippen LogP) is 2.08. The Morgan fingerprint density at radius 1 is 1.55 bits per heavy atom.